The van der Waals surface area contributed by atoms with E-state index in [2.05, 4.69) is 9.84 Å². The molecule has 0 aromatic carbocycles. The Bertz CT molecular complexity index is 385. The fourth-order valence-electron chi connectivity index (χ4n) is 1.68. The number of rotatable bonds is 2. The van der Waals surface area contributed by atoms with Crippen LogP contribution in [0.2, 0.25) is 5.02 Å². The number of carbonyl (C=O) groups is 1. The third kappa shape index (κ3) is 2.20. The summed E-state index contributed by atoms with van der Waals surface area (Å²) in [5.41, 5.74) is 0.137. The zero-order valence-electron chi connectivity index (χ0n) is 8.98. The van der Waals surface area contributed by atoms with Gasteiger partial charge in [0.05, 0.1) is 12.1 Å². The van der Waals surface area contributed by atoms with Gasteiger partial charge in [0.15, 0.2) is 5.69 Å². The molecule has 1 saturated heterocycles. The van der Waals surface area contributed by atoms with Crippen LogP contribution in [0.15, 0.2) is 6.20 Å². The van der Waals surface area contributed by atoms with E-state index in [1.165, 1.54) is 7.11 Å². The quantitative estimate of drug-likeness (QED) is 0.747. The summed E-state index contributed by atoms with van der Waals surface area (Å²) >= 11 is 5.90. The van der Waals surface area contributed by atoms with Gasteiger partial charge in [0.25, 0.3) is 0 Å². The summed E-state index contributed by atoms with van der Waals surface area (Å²) in [6.07, 6.45) is 4.53. The van der Waals surface area contributed by atoms with Crippen molar-refractivity contribution in [2.24, 2.45) is 0 Å². The van der Waals surface area contributed by atoms with Gasteiger partial charge in [-0.15, -0.1) is 0 Å². The zero-order valence-corrected chi connectivity index (χ0v) is 9.74. The molecule has 6 heteroatoms. The van der Waals surface area contributed by atoms with Crippen LogP contribution < -0.4 is 0 Å². The Morgan fingerprint density at radius 1 is 1.69 bits per heavy atom. The van der Waals surface area contributed by atoms with Gasteiger partial charge < -0.3 is 9.47 Å². The molecular formula is C10H13ClN2O3. The first kappa shape index (κ1) is 11.4. The van der Waals surface area contributed by atoms with E-state index in [-0.39, 0.29) is 11.9 Å². The van der Waals surface area contributed by atoms with Gasteiger partial charge in [-0.25, -0.2) is 9.48 Å². The van der Waals surface area contributed by atoms with Crippen LogP contribution in [0.4, 0.5) is 0 Å². The van der Waals surface area contributed by atoms with Gasteiger partial charge in [0, 0.05) is 12.8 Å². The number of aromatic nitrogens is 2. The van der Waals surface area contributed by atoms with Crippen molar-refractivity contribution in [2.75, 3.05) is 13.7 Å². The summed E-state index contributed by atoms with van der Waals surface area (Å²) in [6, 6.07) is 0. The first-order valence-electron chi connectivity index (χ1n) is 5.17. The van der Waals surface area contributed by atoms with Gasteiger partial charge in [0.1, 0.15) is 6.23 Å². The topological polar surface area (TPSA) is 53.3 Å². The second-order valence-electron chi connectivity index (χ2n) is 3.62. The SMILES string of the molecule is COC(=O)c1nn(C2CCCCO2)cc1Cl. The fraction of sp³-hybridized carbons (Fsp3) is 0.600. The molecule has 1 fully saturated rings. The van der Waals surface area contributed by atoms with Crippen LogP contribution >= 0.6 is 11.6 Å². The summed E-state index contributed by atoms with van der Waals surface area (Å²) in [5, 5.41) is 4.38. The van der Waals surface area contributed by atoms with E-state index >= 15 is 0 Å². The van der Waals surface area contributed by atoms with Crippen LogP contribution in [0.25, 0.3) is 0 Å². The molecular weight excluding hydrogens is 232 g/mol. The highest BCUT2D eigenvalue weighted by Gasteiger charge is 2.21. The molecule has 0 N–H and O–H groups in total. The highest BCUT2D eigenvalue weighted by atomic mass is 35.5. The summed E-state index contributed by atoms with van der Waals surface area (Å²) in [4.78, 5) is 11.3. The molecule has 0 bridgehead atoms. The zero-order chi connectivity index (χ0) is 11.5. The Morgan fingerprint density at radius 3 is 3.12 bits per heavy atom. The Balaban J connectivity index is 2.19. The van der Waals surface area contributed by atoms with Crippen LogP contribution in [-0.4, -0.2) is 29.5 Å². The molecule has 5 nitrogen and oxygen atoms in total. The van der Waals surface area contributed by atoms with Crippen molar-refractivity contribution >= 4 is 17.6 Å². The predicted octanol–water partition coefficient (Wildman–Crippen LogP) is 2.02. The maximum Gasteiger partial charge on any atom is 0.360 e. The first-order valence-corrected chi connectivity index (χ1v) is 5.54. The monoisotopic (exact) mass is 244 g/mol. The van der Waals surface area contributed by atoms with Crippen molar-refractivity contribution in [3.05, 3.63) is 16.9 Å². The number of nitrogens with zero attached hydrogens (tertiary/aromatic N) is 2. The average molecular weight is 245 g/mol. The Labute approximate surface area is 98.3 Å². The van der Waals surface area contributed by atoms with Crippen LogP contribution in [-0.2, 0) is 9.47 Å². The van der Waals surface area contributed by atoms with Crippen LogP contribution in [0.1, 0.15) is 36.0 Å². The molecule has 16 heavy (non-hydrogen) atoms. The fourth-order valence-corrected chi connectivity index (χ4v) is 1.90. The lowest BCUT2D eigenvalue weighted by molar-refractivity contribution is -0.0396. The van der Waals surface area contributed by atoms with Crippen molar-refractivity contribution in [3.63, 3.8) is 0 Å². The molecule has 0 radical (unpaired) electrons. The van der Waals surface area contributed by atoms with E-state index in [1.54, 1.807) is 10.9 Å². The second kappa shape index (κ2) is 4.84. The van der Waals surface area contributed by atoms with Crippen molar-refractivity contribution in [3.8, 4) is 0 Å². The second-order valence-corrected chi connectivity index (χ2v) is 4.03. The number of hydrogen-bond donors (Lipinski definition) is 0. The lowest BCUT2D eigenvalue weighted by atomic mass is 10.2. The molecule has 1 aliphatic rings. The highest BCUT2D eigenvalue weighted by Crippen LogP contribution is 2.24. The van der Waals surface area contributed by atoms with E-state index < -0.39 is 5.97 Å². The minimum Gasteiger partial charge on any atom is -0.464 e. The Morgan fingerprint density at radius 2 is 2.50 bits per heavy atom. The molecule has 0 amide bonds. The standard InChI is InChI=1S/C10H13ClN2O3/c1-15-10(14)9-7(11)6-13(12-9)8-4-2-3-5-16-8/h6,8H,2-5H2,1H3. The van der Waals surface area contributed by atoms with E-state index in [0.717, 1.165) is 25.9 Å². The molecule has 1 atom stereocenters. The number of halogens is 1. The summed E-state index contributed by atoms with van der Waals surface area (Å²) < 4.78 is 11.7. The number of methoxy groups -OCH3 is 1. The molecule has 2 heterocycles. The molecule has 0 saturated carbocycles. The third-order valence-electron chi connectivity index (χ3n) is 2.52. The molecule has 0 aliphatic carbocycles. The molecule has 1 aromatic rings. The Kier molecular flexibility index (Phi) is 3.46. The van der Waals surface area contributed by atoms with Crippen LogP contribution in [0.3, 0.4) is 0 Å². The third-order valence-corrected chi connectivity index (χ3v) is 2.79. The molecule has 88 valence electrons. The van der Waals surface area contributed by atoms with Gasteiger partial charge in [-0.2, -0.15) is 5.10 Å². The van der Waals surface area contributed by atoms with Gasteiger partial charge >= 0.3 is 5.97 Å². The number of ether oxygens (including phenoxy) is 2. The van der Waals surface area contributed by atoms with Crippen molar-refractivity contribution in [2.45, 2.75) is 25.5 Å². The highest BCUT2D eigenvalue weighted by molar-refractivity contribution is 6.33. The smallest absolute Gasteiger partial charge is 0.360 e. The van der Waals surface area contributed by atoms with Gasteiger partial charge in [0.2, 0.25) is 0 Å². The maximum atomic E-state index is 11.3. The lowest BCUT2D eigenvalue weighted by Crippen LogP contribution is -2.19. The molecule has 1 aromatic heterocycles. The number of carbonyl (C=O) groups excluding carboxylic acids is 1. The Hall–Kier alpha value is -1.07. The van der Waals surface area contributed by atoms with E-state index in [0.29, 0.717) is 5.02 Å². The molecule has 1 aliphatic heterocycles. The normalized spacial score (nSPS) is 20.8. The van der Waals surface area contributed by atoms with Crippen molar-refractivity contribution in [1.82, 2.24) is 9.78 Å². The van der Waals surface area contributed by atoms with Crippen LogP contribution in [0, 0.1) is 0 Å². The molecule has 1 unspecified atom stereocenters. The summed E-state index contributed by atoms with van der Waals surface area (Å²) in [6.45, 7) is 0.718. The summed E-state index contributed by atoms with van der Waals surface area (Å²) in [7, 11) is 1.30. The molecule has 0 spiro atoms. The van der Waals surface area contributed by atoms with Gasteiger partial charge in [-0.3, -0.25) is 0 Å². The number of hydrogen-bond acceptors (Lipinski definition) is 4. The largest absolute Gasteiger partial charge is 0.464 e. The van der Waals surface area contributed by atoms with Crippen LogP contribution in [0.5, 0.6) is 0 Å². The predicted molar refractivity (Wildman–Crippen MR) is 57.4 cm³/mol. The minimum atomic E-state index is -0.528. The summed E-state index contributed by atoms with van der Waals surface area (Å²) in [5.74, 6) is -0.528. The van der Waals surface area contributed by atoms with Crippen molar-refractivity contribution < 1.29 is 14.3 Å². The van der Waals surface area contributed by atoms with Gasteiger partial charge in [-0.05, 0) is 19.3 Å². The average Bonchev–Trinajstić information content (AvgIpc) is 2.71. The van der Waals surface area contributed by atoms with Gasteiger partial charge in [-0.1, -0.05) is 11.6 Å². The molecule has 2 rings (SSSR count). The van der Waals surface area contributed by atoms with E-state index in [9.17, 15) is 4.79 Å². The van der Waals surface area contributed by atoms with E-state index in [4.69, 9.17) is 16.3 Å². The minimum absolute atomic E-state index is 0.121. The maximum absolute atomic E-state index is 11.3. The number of esters is 1. The van der Waals surface area contributed by atoms with E-state index in [1.807, 2.05) is 0 Å². The van der Waals surface area contributed by atoms with Crippen molar-refractivity contribution in [1.29, 1.82) is 0 Å². The first-order chi connectivity index (χ1) is 7.72. The lowest BCUT2D eigenvalue weighted by Gasteiger charge is -2.22.